The maximum atomic E-state index is 12.1. The third kappa shape index (κ3) is 3.81. The topological polar surface area (TPSA) is 66.8 Å². The van der Waals surface area contributed by atoms with Crippen LogP contribution in [0.15, 0.2) is 0 Å². The zero-order valence-corrected chi connectivity index (χ0v) is 10.8. The summed E-state index contributed by atoms with van der Waals surface area (Å²) in [6, 6.07) is 0. The lowest BCUT2D eigenvalue weighted by Gasteiger charge is -2.39. The van der Waals surface area contributed by atoms with Gasteiger partial charge in [0.2, 0.25) is 0 Å². The van der Waals surface area contributed by atoms with Gasteiger partial charge in [0, 0.05) is 12.6 Å². The Kier molecular flexibility index (Phi) is 4.49. The standard InChI is InChI=1S/C11H21NO4/c1-10(2,3)12(7-8(13)14)9(15)11(4,5)16-6/h7H2,1-6H3,(H,13,14). The Hall–Kier alpha value is -1.10. The van der Waals surface area contributed by atoms with Crippen molar-refractivity contribution in [2.45, 2.75) is 45.8 Å². The van der Waals surface area contributed by atoms with E-state index < -0.39 is 17.1 Å². The molecule has 0 aromatic carbocycles. The lowest BCUT2D eigenvalue weighted by atomic mass is 10.0. The first kappa shape index (κ1) is 14.9. The number of hydrogen-bond acceptors (Lipinski definition) is 3. The number of ether oxygens (including phenoxy) is 1. The molecule has 5 nitrogen and oxygen atoms in total. The van der Waals surface area contributed by atoms with E-state index in [2.05, 4.69) is 0 Å². The van der Waals surface area contributed by atoms with Crippen LogP contribution in [0.5, 0.6) is 0 Å². The van der Waals surface area contributed by atoms with E-state index in [1.807, 2.05) is 0 Å². The second-order valence-electron chi connectivity index (χ2n) is 5.17. The van der Waals surface area contributed by atoms with Gasteiger partial charge >= 0.3 is 5.97 Å². The van der Waals surface area contributed by atoms with Gasteiger partial charge in [-0.3, -0.25) is 9.59 Å². The fourth-order valence-corrected chi connectivity index (χ4v) is 1.16. The molecule has 94 valence electrons. The molecule has 16 heavy (non-hydrogen) atoms. The first-order valence-electron chi connectivity index (χ1n) is 5.11. The van der Waals surface area contributed by atoms with E-state index in [0.29, 0.717) is 0 Å². The van der Waals surface area contributed by atoms with Crippen molar-refractivity contribution in [1.29, 1.82) is 0 Å². The minimum absolute atomic E-state index is 0.324. The Morgan fingerprint density at radius 1 is 1.19 bits per heavy atom. The third-order valence-electron chi connectivity index (χ3n) is 2.37. The summed E-state index contributed by atoms with van der Waals surface area (Å²) < 4.78 is 5.07. The number of hydrogen-bond donors (Lipinski definition) is 1. The van der Waals surface area contributed by atoms with E-state index in [-0.39, 0.29) is 12.5 Å². The second kappa shape index (κ2) is 4.82. The summed E-state index contributed by atoms with van der Waals surface area (Å²) in [5, 5.41) is 8.80. The Morgan fingerprint density at radius 2 is 1.62 bits per heavy atom. The van der Waals surface area contributed by atoms with Gasteiger partial charge < -0.3 is 14.7 Å². The quantitative estimate of drug-likeness (QED) is 0.787. The Bertz CT molecular complexity index is 278. The summed E-state index contributed by atoms with van der Waals surface area (Å²) in [6.45, 7) is 8.29. The molecule has 0 fully saturated rings. The lowest BCUT2D eigenvalue weighted by molar-refractivity contribution is -0.161. The van der Waals surface area contributed by atoms with E-state index >= 15 is 0 Å². The number of amides is 1. The third-order valence-corrected chi connectivity index (χ3v) is 2.37. The van der Waals surface area contributed by atoms with Crippen LogP contribution >= 0.6 is 0 Å². The number of methoxy groups -OCH3 is 1. The molecule has 0 spiro atoms. The van der Waals surface area contributed by atoms with Gasteiger partial charge in [0.05, 0.1) is 0 Å². The Labute approximate surface area is 96.4 Å². The molecule has 1 N–H and O–H groups in total. The molecule has 0 bridgehead atoms. The molecule has 0 heterocycles. The van der Waals surface area contributed by atoms with Crippen molar-refractivity contribution in [2.75, 3.05) is 13.7 Å². The lowest BCUT2D eigenvalue weighted by Crippen LogP contribution is -2.55. The maximum absolute atomic E-state index is 12.1. The molecule has 0 aliphatic heterocycles. The van der Waals surface area contributed by atoms with Gasteiger partial charge in [0.1, 0.15) is 12.1 Å². The Balaban J connectivity index is 5.06. The van der Waals surface area contributed by atoms with E-state index in [1.54, 1.807) is 34.6 Å². The van der Waals surface area contributed by atoms with E-state index in [4.69, 9.17) is 9.84 Å². The molecular weight excluding hydrogens is 210 g/mol. The van der Waals surface area contributed by atoms with E-state index in [0.717, 1.165) is 0 Å². The van der Waals surface area contributed by atoms with Gasteiger partial charge in [-0.25, -0.2) is 0 Å². The summed E-state index contributed by atoms with van der Waals surface area (Å²) >= 11 is 0. The van der Waals surface area contributed by atoms with Gasteiger partial charge in [-0.1, -0.05) is 0 Å². The van der Waals surface area contributed by atoms with Crippen molar-refractivity contribution in [3.05, 3.63) is 0 Å². The van der Waals surface area contributed by atoms with E-state index in [1.165, 1.54) is 12.0 Å². The minimum Gasteiger partial charge on any atom is -0.480 e. The first-order chi connectivity index (χ1) is 7.02. The number of carboxylic acid groups (broad SMARTS) is 1. The van der Waals surface area contributed by atoms with Crippen LogP contribution < -0.4 is 0 Å². The van der Waals surface area contributed by atoms with Crippen molar-refractivity contribution in [3.8, 4) is 0 Å². The summed E-state index contributed by atoms with van der Waals surface area (Å²) in [7, 11) is 1.43. The molecule has 1 amide bonds. The van der Waals surface area contributed by atoms with Crippen molar-refractivity contribution in [1.82, 2.24) is 4.90 Å². The second-order valence-corrected chi connectivity index (χ2v) is 5.17. The van der Waals surface area contributed by atoms with Crippen molar-refractivity contribution in [2.24, 2.45) is 0 Å². The SMILES string of the molecule is COC(C)(C)C(=O)N(CC(=O)O)C(C)(C)C. The molecule has 0 unspecified atom stereocenters. The highest BCUT2D eigenvalue weighted by atomic mass is 16.5. The largest absolute Gasteiger partial charge is 0.480 e. The predicted octanol–water partition coefficient (Wildman–Crippen LogP) is 1.12. The summed E-state index contributed by atoms with van der Waals surface area (Å²) in [5.41, 5.74) is -1.56. The van der Waals surface area contributed by atoms with Crippen molar-refractivity contribution >= 4 is 11.9 Å². The van der Waals surface area contributed by atoms with Crippen molar-refractivity contribution in [3.63, 3.8) is 0 Å². The number of carbonyl (C=O) groups is 2. The normalized spacial score (nSPS) is 12.4. The van der Waals surface area contributed by atoms with Gasteiger partial charge in [-0.15, -0.1) is 0 Å². The maximum Gasteiger partial charge on any atom is 0.323 e. The Morgan fingerprint density at radius 3 is 1.88 bits per heavy atom. The van der Waals surface area contributed by atoms with Crippen LogP contribution in [0.3, 0.4) is 0 Å². The van der Waals surface area contributed by atoms with Gasteiger partial charge in [0.25, 0.3) is 5.91 Å². The smallest absolute Gasteiger partial charge is 0.323 e. The molecule has 0 atom stereocenters. The number of nitrogens with zero attached hydrogens (tertiary/aromatic N) is 1. The van der Waals surface area contributed by atoms with Crippen LogP contribution in [-0.4, -0.2) is 46.7 Å². The van der Waals surface area contributed by atoms with Crippen LogP contribution in [0.1, 0.15) is 34.6 Å². The van der Waals surface area contributed by atoms with Gasteiger partial charge in [-0.05, 0) is 34.6 Å². The average molecular weight is 231 g/mol. The molecular formula is C11H21NO4. The van der Waals surface area contributed by atoms with Crippen LogP contribution in [0.4, 0.5) is 0 Å². The highest BCUT2D eigenvalue weighted by Crippen LogP contribution is 2.20. The zero-order chi connectivity index (χ0) is 13.1. The molecule has 5 heteroatoms. The molecule has 0 rings (SSSR count). The molecule has 0 saturated heterocycles. The monoisotopic (exact) mass is 231 g/mol. The van der Waals surface area contributed by atoms with Gasteiger partial charge in [0.15, 0.2) is 0 Å². The van der Waals surface area contributed by atoms with E-state index in [9.17, 15) is 9.59 Å². The summed E-state index contributed by atoms with van der Waals surface area (Å²) in [6.07, 6.45) is 0. The molecule has 0 aliphatic carbocycles. The predicted molar refractivity (Wildman–Crippen MR) is 60.2 cm³/mol. The first-order valence-corrected chi connectivity index (χ1v) is 5.11. The average Bonchev–Trinajstić information content (AvgIpc) is 2.11. The van der Waals surface area contributed by atoms with Gasteiger partial charge in [-0.2, -0.15) is 0 Å². The molecule has 0 radical (unpaired) electrons. The van der Waals surface area contributed by atoms with Crippen LogP contribution in [0.2, 0.25) is 0 Å². The number of aliphatic carboxylic acids is 1. The summed E-state index contributed by atoms with van der Waals surface area (Å²) in [4.78, 5) is 24.2. The van der Waals surface area contributed by atoms with Crippen LogP contribution in [-0.2, 0) is 14.3 Å². The zero-order valence-electron chi connectivity index (χ0n) is 10.8. The highest BCUT2D eigenvalue weighted by molar-refractivity contribution is 5.88. The molecule has 0 aromatic heterocycles. The van der Waals surface area contributed by atoms with Crippen molar-refractivity contribution < 1.29 is 19.4 Å². The number of carbonyl (C=O) groups excluding carboxylic acids is 1. The molecule has 0 aromatic rings. The molecule has 0 aliphatic rings. The number of rotatable bonds is 4. The summed E-state index contributed by atoms with van der Waals surface area (Å²) in [5.74, 6) is -1.36. The van der Waals surface area contributed by atoms with Crippen LogP contribution in [0, 0.1) is 0 Å². The fraction of sp³-hybridized carbons (Fsp3) is 0.818. The number of carboxylic acids is 1. The molecule has 0 saturated carbocycles. The van der Waals surface area contributed by atoms with Crippen LogP contribution in [0.25, 0.3) is 0 Å². The fourth-order valence-electron chi connectivity index (χ4n) is 1.16. The minimum atomic E-state index is -1.03. The highest BCUT2D eigenvalue weighted by Gasteiger charge is 2.38.